The summed E-state index contributed by atoms with van der Waals surface area (Å²) in [6.45, 7) is 6.80. The Balaban J connectivity index is 2.12. The van der Waals surface area contributed by atoms with Gasteiger partial charge in [-0.15, -0.1) is 11.3 Å². The minimum atomic E-state index is 0.289. The second-order valence-corrected chi connectivity index (χ2v) is 6.36. The topological polar surface area (TPSA) is 50.9 Å². The van der Waals surface area contributed by atoms with E-state index in [9.17, 15) is 0 Å². The highest BCUT2D eigenvalue weighted by atomic mass is 32.1. The lowest BCUT2D eigenvalue weighted by Crippen LogP contribution is -2.36. The molecule has 3 nitrogen and oxygen atoms in total. The average Bonchev–Trinajstić information content (AvgIpc) is 2.71. The maximum atomic E-state index is 5.77. The minimum absolute atomic E-state index is 0.289. The highest BCUT2D eigenvalue weighted by molar-refractivity contribution is 7.09. The highest BCUT2D eigenvalue weighted by Crippen LogP contribution is 2.41. The largest absolute Gasteiger partial charge is 0.271 e. The first-order valence-corrected chi connectivity index (χ1v) is 7.37. The molecule has 17 heavy (non-hydrogen) atoms. The summed E-state index contributed by atoms with van der Waals surface area (Å²) in [6, 6.07) is 0.289. The predicted molar refractivity (Wildman–Crippen MR) is 72.6 cm³/mol. The fourth-order valence-corrected chi connectivity index (χ4v) is 3.88. The van der Waals surface area contributed by atoms with Gasteiger partial charge in [-0.05, 0) is 37.5 Å². The fourth-order valence-electron chi connectivity index (χ4n) is 2.93. The van der Waals surface area contributed by atoms with E-state index >= 15 is 0 Å². The van der Waals surface area contributed by atoms with Crippen molar-refractivity contribution >= 4 is 11.3 Å². The van der Waals surface area contributed by atoms with E-state index in [0.717, 1.165) is 17.5 Å². The van der Waals surface area contributed by atoms with Crippen LogP contribution in [0.1, 0.15) is 49.7 Å². The normalized spacial score (nSPS) is 31.4. The second kappa shape index (κ2) is 5.46. The van der Waals surface area contributed by atoms with Crippen molar-refractivity contribution in [2.24, 2.45) is 23.6 Å². The molecule has 4 unspecified atom stereocenters. The third-order valence-electron chi connectivity index (χ3n) is 4.35. The monoisotopic (exact) mass is 253 g/mol. The summed E-state index contributed by atoms with van der Waals surface area (Å²) in [6.07, 6.45) is 3.87. The molecule has 3 N–H and O–H groups in total. The van der Waals surface area contributed by atoms with Crippen LogP contribution in [0.15, 0.2) is 5.51 Å². The Labute approximate surface area is 108 Å². The van der Waals surface area contributed by atoms with Gasteiger partial charge in [-0.3, -0.25) is 11.3 Å². The Morgan fingerprint density at radius 3 is 2.71 bits per heavy atom. The molecule has 4 atom stereocenters. The molecule has 1 aromatic heterocycles. The molecule has 1 fully saturated rings. The van der Waals surface area contributed by atoms with Gasteiger partial charge in [0.15, 0.2) is 0 Å². The maximum absolute atomic E-state index is 5.77. The van der Waals surface area contributed by atoms with Gasteiger partial charge >= 0.3 is 0 Å². The third-order valence-corrected chi connectivity index (χ3v) is 5.37. The van der Waals surface area contributed by atoms with Crippen LogP contribution < -0.4 is 11.3 Å². The van der Waals surface area contributed by atoms with Gasteiger partial charge in [0.1, 0.15) is 0 Å². The van der Waals surface area contributed by atoms with Crippen molar-refractivity contribution < 1.29 is 0 Å². The standard InChI is InChI=1S/C13H23N3S/c1-8-4-5-11(6-9(8)2)12(16-14)13-10(3)15-7-17-13/h7-9,11-12,16H,4-6,14H2,1-3H3. The van der Waals surface area contributed by atoms with Crippen molar-refractivity contribution in [3.8, 4) is 0 Å². The Bertz CT molecular complexity index is 363. The lowest BCUT2D eigenvalue weighted by Gasteiger charge is -2.36. The van der Waals surface area contributed by atoms with Crippen molar-refractivity contribution in [2.75, 3.05) is 0 Å². The SMILES string of the molecule is Cc1ncsc1C(NN)C1CCC(C)C(C)C1. The molecule has 4 heteroatoms. The zero-order chi connectivity index (χ0) is 12.4. The van der Waals surface area contributed by atoms with Gasteiger partial charge in [0.2, 0.25) is 0 Å². The van der Waals surface area contributed by atoms with Crippen molar-refractivity contribution in [1.29, 1.82) is 0 Å². The molecule has 0 spiro atoms. The summed E-state index contributed by atoms with van der Waals surface area (Å²) in [7, 11) is 0. The summed E-state index contributed by atoms with van der Waals surface area (Å²) in [5.41, 5.74) is 6.07. The first-order valence-electron chi connectivity index (χ1n) is 6.49. The zero-order valence-electron chi connectivity index (χ0n) is 10.9. The number of rotatable bonds is 3. The summed E-state index contributed by atoms with van der Waals surface area (Å²) in [5, 5.41) is 0. The van der Waals surface area contributed by atoms with E-state index in [1.54, 1.807) is 11.3 Å². The maximum Gasteiger partial charge on any atom is 0.0798 e. The number of aryl methyl sites for hydroxylation is 1. The van der Waals surface area contributed by atoms with E-state index < -0.39 is 0 Å². The first-order chi connectivity index (χ1) is 8.13. The number of hydrogen-bond acceptors (Lipinski definition) is 4. The molecule has 0 radical (unpaired) electrons. The molecule has 0 amide bonds. The van der Waals surface area contributed by atoms with Gasteiger partial charge in [0.05, 0.1) is 17.2 Å². The summed E-state index contributed by atoms with van der Waals surface area (Å²) >= 11 is 1.72. The number of hydrogen-bond donors (Lipinski definition) is 2. The fraction of sp³-hybridized carbons (Fsp3) is 0.769. The van der Waals surface area contributed by atoms with Crippen LogP contribution in [0.3, 0.4) is 0 Å². The van der Waals surface area contributed by atoms with E-state index in [-0.39, 0.29) is 6.04 Å². The number of aromatic nitrogens is 1. The molecule has 0 aromatic carbocycles. The molecule has 1 aliphatic carbocycles. The third kappa shape index (κ3) is 2.69. The molecule has 1 aromatic rings. The molecule has 2 rings (SSSR count). The average molecular weight is 253 g/mol. The van der Waals surface area contributed by atoms with Crippen LogP contribution >= 0.6 is 11.3 Å². The lowest BCUT2D eigenvalue weighted by atomic mass is 9.73. The van der Waals surface area contributed by atoms with Gasteiger partial charge in [0.25, 0.3) is 0 Å². The number of hydrazine groups is 1. The quantitative estimate of drug-likeness (QED) is 0.643. The van der Waals surface area contributed by atoms with E-state index in [0.29, 0.717) is 5.92 Å². The van der Waals surface area contributed by atoms with Crippen LogP contribution in [0.2, 0.25) is 0 Å². The van der Waals surface area contributed by atoms with E-state index in [1.165, 1.54) is 24.1 Å². The van der Waals surface area contributed by atoms with Crippen molar-refractivity contribution in [3.05, 3.63) is 16.1 Å². The molecule has 1 heterocycles. The Hall–Kier alpha value is -0.450. The van der Waals surface area contributed by atoms with Crippen LogP contribution in [0, 0.1) is 24.7 Å². The lowest BCUT2D eigenvalue weighted by molar-refractivity contribution is 0.172. The molecular weight excluding hydrogens is 230 g/mol. The molecule has 96 valence electrons. The van der Waals surface area contributed by atoms with Gasteiger partial charge in [0, 0.05) is 4.88 Å². The second-order valence-electron chi connectivity index (χ2n) is 5.47. The van der Waals surface area contributed by atoms with Gasteiger partial charge in [-0.2, -0.15) is 0 Å². The number of nitrogens with two attached hydrogens (primary N) is 1. The molecule has 0 aliphatic heterocycles. The van der Waals surface area contributed by atoms with Crippen molar-refractivity contribution in [1.82, 2.24) is 10.4 Å². The van der Waals surface area contributed by atoms with Gasteiger partial charge in [-0.25, -0.2) is 4.98 Å². The Morgan fingerprint density at radius 2 is 2.18 bits per heavy atom. The zero-order valence-corrected chi connectivity index (χ0v) is 11.8. The van der Waals surface area contributed by atoms with Crippen LogP contribution in [0.4, 0.5) is 0 Å². The van der Waals surface area contributed by atoms with Crippen molar-refractivity contribution in [3.63, 3.8) is 0 Å². The van der Waals surface area contributed by atoms with Gasteiger partial charge < -0.3 is 0 Å². The summed E-state index contributed by atoms with van der Waals surface area (Å²) < 4.78 is 0. The number of nitrogens with one attached hydrogen (secondary N) is 1. The number of thiazole rings is 1. The highest BCUT2D eigenvalue weighted by Gasteiger charge is 2.31. The van der Waals surface area contributed by atoms with Crippen LogP contribution in [-0.4, -0.2) is 4.98 Å². The van der Waals surface area contributed by atoms with Crippen molar-refractivity contribution in [2.45, 2.75) is 46.1 Å². The number of nitrogens with zero attached hydrogens (tertiary/aromatic N) is 1. The first kappa shape index (κ1) is 13.0. The molecular formula is C13H23N3S. The van der Waals surface area contributed by atoms with E-state index in [1.807, 2.05) is 5.51 Å². The summed E-state index contributed by atoms with van der Waals surface area (Å²) in [4.78, 5) is 5.66. The minimum Gasteiger partial charge on any atom is -0.271 e. The molecule has 1 aliphatic rings. The van der Waals surface area contributed by atoms with Gasteiger partial charge in [-0.1, -0.05) is 20.3 Å². The van der Waals surface area contributed by atoms with E-state index in [4.69, 9.17) is 5.84 Å². The molecule has 1 saturated carbocycles. The molecule has 0 saturated heterocycles. The Morgan fingerprint density at radius 1 is 1.41 bits per heavy atom. The van der Waals surface area contributed by atoms with E-state index in [2.05, 4.69) is 31.2 Å². The smallest absolute Gasteiger partial charge is 0.0798 e. The van der Waals surface area contributed by atoms with Crippen LogP contribution in [0.5, 0.6) is 0 Å². The molecule has 0 bridgehead atoms. The van der Waals surface area contributed by atoms with Crippen LogP contribution in [-0.2, 0) is 0 Å². The Kier molecular flexibility index (Phi) is 4.17. The predicted octanol–water partition coefficient (Wildman–Crippen LogP) is 3.03. The summed E-state index contributed by atoms with van der Waals surface area (Å²) in [5.74, 6) is 8.09. The van der Waals surface area contributed by atoms with Crippen LogP contribution in [0.25, 0.3) is 0 Å².